The van der Waals surface area contributed by atoms with Crippen molar-refractivity contribution in [3.05, 3.63) is 47.3 Å². The Morgan fingerprint density at radius 1 is 1.08 bits per heavy atom. The van der Waals surface area contributed by atoms with Crippen LogP contribution in [0.1, 0.15) is 52.1 Å². The number of nitrogens with one attached hydrogen (secondary N) is 1. The number of aromatic nitrogens is 6. The number of anilines is 2. The van der Waals surface area contributed by atoms with E-state index in [1.54, 1.807) is 21.5 Å². The topological polar surface area (TPSA) is 97.0 Å². The summed E-state index contributed by atoms with van der Waals surface area (Å²) in [6, 6.07) is 4.30. The summed E-state index contributed by atoms with van der Waals surface area (Å²) < 4.78 is 3.41. The van der Waals surface area contributed by atoms with Gasteiger partial charge in [-0.25, -0.2) is 9.67 Å². The van der Waals surface area contributed by atoms with Crippen LogP contribution in [0.5, 0.6) is 0 Å². The summed E-state index contributed by atoms with van der Waals surface area (Å²) in [7, 11) is 0. The average Bonchev–Trinajstić information content (AvgIpc) is 3.43. The standard InChI is InChI=1S/C27H37N9O/c1-19-7-10-34(16-19)26-15-28-14-24(30-26)25-18-36(32-31-25)20(2)35-11-8-23(12-27(35)37)33-9-3-4-22(17-33)29-13-21-5-6-21/h8,11-12,14-15,18-22,29H,3-7,9-10,13,16-17H2,1-2H3/t19-,20?,22-/m1/s1. The third kappa shape index (κ3) is 5.39. The van der Waals surface area contributed by atoms with Crippen molar-refractivity contribution in [3.63, 3.8) is 0 Å². The number of piperidine rings is 1. The van der Waals surface area contributed by atoms with Crippen molar-refractivity contribution in [2.75, 3.05) is 42.5 Å². The van der Waals surface area contributed by atoms with Crippen LogP contribution in [-0.2, 0) is 0 Å². The summed E-state index contributed by atoms with van der Waals surface area (Å²) in [5, 5.41) is 12.4. The predicted molar refractivity (Wildman–Crippen MR) is 144 cm³/mol. The number of hydrogen-bond acceptors (Lipinski definition) is 8. The third-order valence-corrected chi connectivity index (χ3v) is 8.04. The van der Waals surface area contributed by atoms with Crippen molar-refractivity contribution < 1.29 is 0 Å². The van der Waals surface area contributed by atoms with E-state index in [-0.39, 0.29) is 11.7 Å². The van der Waals surface area contributed by atoms with Gasteiger partial charge in [0.15, 0.2) is 0 Å². The normalized spacial score (nSPS) is 23.0. The first-order valence-electron chi connectivity index (χ1n) is 13.7. The molecule has 3 aromatic rings. The monoisotopic (exact) mass is 503 g/mol. The molecule has 3 aliphatic rings. The van der Waals surface area contributed by atoms with Gasteiger partial charge in [-0.3, -0.25) is 14.3 Å². The number of pyridine rings is 1. The van der Waals surface area contributed by atoms with Crippen LogP contribution < -0.4 is 20.7 Å². The summed E-state index contributed by atoms with van der Waals surface area (Å²) in [5.41, 5.74) is 2.29. The molecule has 3 atom stereocenters. The van der Waals surface area contributed by atoms with Crippen molar-refractivity contribution in [2.45, 2.75) is 58.2 Å². The van der Waals surface area contributed by atoms with Crippen molar-refractivity contribution in [1.29, 1.82) is 0 Å². The lowest BCUT2D eigenvalue weighted by molar-refractivity contribution is 0.403. The summed E-state index contributed by atoms with van der Waals surface area (Å²) >= 11 is 0. The molecule has 1 unspecified atom stereocenters. The van der Waals surface area contributed by atoms with Gasteiger partial charge < -0.3 is 15.1 Å². The van der Waals surface area contributed by atoms with Crippen LogP contribution in [0.15, 0.2) is 41.7 Å². The maximum Gasteiger partial charge on any atom is 0.254 e. The highest BCUT2D eigenvalue weighted by Gasteiger charge is 2.25. The molecular formula is C27H37N9O. The Kier molecular flexibility index (Phi) is 6.67. The summed E-state index contributed by atoms with van der Waals surface area (Å²) in [6.07, 6.45) is 13.2. The maximum atomic E-state index is 13.1. The van der Waals surface area contributed by atoms with E-state index in [9.17, 15) is 4.79 Å². The first-order chi connectivity index (χ1) is 18.0. The molecule has 5 heterocycles. The largest absolute Gasteiger partial charge is 0.370 e. The van der Waals surface area contributed by atoms with Crippen molar-refractivity contribution in [3.8, 4) is 11.4 Å². The van der Waals surface area contributed by atoms with Crippen LogP contribution in [0.25, 0.3) is 11.4 Å². The van der Waals surface area contributed by atoms with Crippen molar-refractivity contribution in [1.82, 2.24) is 34.8 Å². The van der Waals surface area contributed by atoms with Gasteiger partial charge in [0.05, 0.1) is 18.6 Å². The Hall–Kier alpha value is -3.27. The van der Waals surface area contributed by atoms with Crippen molar-refractivity contribution >= 4 is 11.5 Å². The Bertz CT molecular complexity index is 1280. The molecule has 10 nitrogen and oxygen atoms in total. The first-order valence-corrected chi connectivity index (χ1v) is 13.7. The highest BCUT2D eigenvalue weighted by molar-refractivity contribution is 5.54. The van der Waals surface area contributed by atoms with Gasteiger partial charge in [-0.2, -0.15) is 0 Å². The second kappa shape index (κ2) is 10.2. The van der Waals surface area contributed by atoms with E-state index in [0.29, 0.717) is 23.3 Å². The molecule has 0 aromatic carbocycles. The van der Waals surface area contributed by atoms with Crippen LogP contribution in [0.2, 0.25) is 0 Å². The lowest BCUT2D eigenvalue weighted by atomic mass is 10.0. The van der Waals surface area contributed by atoms with Crippen LogP contribution >= 0.6 is 0 Å². The fourth-order valence-corrected chi connectivity index (χ4v) is 5.50. The molecule has 10 heteroatoms. The fraction of sp³-hybridized carbons (Fsp3) is 0.593. The SMILES string of the molecule is CC(n1cc(-c2cncc(N3CC[C@@H](C)C3)n2)nn1)n1ccc(N2CCC[C@@H](NCC3CC3)C2)cc1=O. The molecule has 3 aromatic heterocycles. The number of hydrogen-bond donors (Lipinski definition) is 1. The first kappa shape index (κ1) is 24.1. The highest BCUT2D eigenvalue weighted by Crippen LogP contribution is 2.28. The van der Waals surface area contributed by atoms with E-state index in [1.165, 1.54) is 25.7 Å². The molecule has 1 aliphatic carbocycles. The van der Waals surface area contributed by atoms with E-state index < -0.39 is 0 Å². The van der Waals surface area contributed by atoms with Gasteiger partial charge in [-0.1, -0.05) is 12.1 Å². The van der Waals surface area contributed by atoms with Gasteiger partial charge in [0.2, 0.25) is 0 Å². The molecular weight excluding hydrogens is 466 g/mol. The van der Waals surface area contributed by atoms with Crippen molar-refractivity contribution in [2.24, 2.45) is 11.8 Å². The summed E-state index contributed by atoms with van der Waals surface area (Å²) in [5.74, 6) is 2.42. The minimum absolute atomic E-state index is 0.0416. The van der Waals surface area contributed by atoms with E-state index >= 15 is 0 Å². The lowest BCUT2D eigenvalue weighted by Crippen LogP contribution is -2.46. The second-order valence-corrected chi connectivity index (χ2v) is 11.1. The van der Waals surface area contributed by atoms with Gasteiger partial charge in [0.1, 0.15) is 23.4 Å². The Labute approximate surface area is 217 Å². The van der Waals surface area contributed by atoms with Gasteiger partial charge in [0, 0.05) is 50.2 Å². The van der Waals surface area contributed by atoms with Crippen LogP contribution in [0.3, 0.4) is 0 Å². The molecule has 2 aliphatic heterocycles. The molecule has 0 radical (unpaired) electrons. The smallest absolute Gasteiger partial charge is 0.254 e. The molecule has 1 saturated carbocycles. The van der Waals surface area contributed by atoms with Gasteiger partial charge in [-0.05, 0) is 63.5 Å². The molecule has 0 amide bonds. The molecule has 1 N–H and O–H groups in total. The highest BCUT2D eigenvalue weighted by atomic mass is 16.1. The third-order valence-electron chi connectivity index (χ3n) is 8.04. The molecule has 196 valence electrons. The van der Waals surface area contributed by atoms with Gasteiger partial charge >= 0.3 is 0 Å². The lowest BCUT2D eigenvalue weighted by Gasteiger charge is -2.35. The zero-order valence-electron chi connectivity index (χ0n) is 21.8. The molecule has 0 spiro atoms. The fourth-order valence-electron chi connectivity index (χ4n) is 5.50. The maximum absolute atomic E-state index is 13.1. The Balaban J connectivity index is 1.14. The van der Waals surface area contributed by atoms with E-state index in [1.807, 2.05) is 31.6 Å². The number of rotatable bonds is 8. The number of nitrogens with zero attached hydrogens (tertiary/aromatic N) is 8. The Morgan fingerprint density at radius 3 is 2.76 bits per heavy atom. The van der Waals surface area contributed by atoms with Crippen LogP contribution in [0, 0.1) is 11.8 Å². The molecule has 0 bridgehead atoms. The predicted octanol–water partition coefficient (Wildman–Crippen LogP) is 2.78. The van der Waals surface area contributed by atoms with E-state index in [4.69, 9.17) is 4.98 Å². The second-order valence-electron chi connectivity index (χ2n) is 11.1. The van der Waals surface area contributed by atoms with Gasteiger partial charge in [-0.15, -0.1) is 5.10 Å². The minimum Gasteiger partial charge on any atom is -0.370 e. The minimum atomic E-state index is -0.312. The molecule has 6 rings (SSSR count). The quantitative estimate of drug-likeness (QED) is 0.501. The zero-order valence-corrected chi connectivity index (χ0v) is 21.8. The van der Waals surface area contributed by atoms with Crippen LogP contribution in [-0.4, -0.2) is 68.3 Å². The van der Waals surface area contributed by atoms with E-state index in [2.05, 4.69) is 37.3 Å². The zero-order chi connectivity index (χ0) is 25.4. The average molecular weight is 504 g/mol. The van der Waals surface area contributed by atoms with Gasteiger partial charge in [0.25, 0.3) is 5.56 Å². The van der Waals surface area contributed by atoms with E-state index in [0.717, 1.165) is 56.6 Å². The summed E-state index contributed by atoms with van der Waals surface area (Å²) in [4.78, 5) is 26.9. The summed E-state index contributed by atoms with van der Waals surface area (Å²) in [6.45, 7) is 9.27. The van der Waals surface area contributed by atoms with Crippen LogP contribution in [0.4, 0.5) is 11.5 Å². The molecule has 2 saturated heterocycles. The molecule has 37 heavy (non-hydrogen) atoms. The Morgan fingerprint density at radius 2 is 1.97 bits per heavy atom. The molecule has 3 fully saturated rings.